The van der Waals surface area contributed by atoms with E-state index in [9.17, 15) is 25.9 Å². The monoisotopic (exact) mass is 721 g/mol. The van der Waals surface area contributed by atoms with E-state index in [2.05, 4.69) is 33.8 Å². The molecule has 0 amide bonds. The van der Waals surface area contributed by atoms with Crippen LogP contribution in [0.15, 0.2) is 35.9 Å². The fourth-order valence-corrected chi connectivity index (χ4v) is 10.7. The second-order valence-electron chi connectivity index (χ2n) is 15.4. The largest absolute Gasteiger partial charge is 1.00 e. The van der Waals surface area contributed by atoms with Gasteiger partial charge in [-0.3, -0.25) is 8.74 Å². The van der Waals surface area contributed by atoms with Crippen LogP contribution in [0.25, 0.3) is 0 Å². The van der Waals surface area contributed by atoms with Crippen LogP contribution in [-0.4, -0.2) is 50.3 Å². The minimum Gasteiger partial charge on any atom is -0.726 e. The predicted molar refractivity (Wildman–Crippen MR) is 180 cm³/mol. The van der Waals surface area contributed by atoms with Crippen molar-refractivity contribution in [3.05, 3.63) is 41.5 Å². The third kappa shape index (κ3) is 10.7. The van der Waals surface area contributed by atoms with E-state index in [0.717, 1.165) is 64.2 Å². The minimum atomic E-state index is -4.71. The molecule has 3 fully saturated rings. The van der Waals surface area contributed by atoms with Crippen molar-refractivity contribution in [1.82, 2.24) is 0 Å². The molecule has 0 aromatic heterocycles. The van der Waals surface area contributed by atoms with Crippen molar-refractivity contribution in [2.75, 3.05) is 13.2 Å². The van der Waals surface area contributed by atoms with Gasteiger partial charge < -0.3 is 15.4 Å². The number of hydrogen-bond donors (Lipinski definition) is 3. The first kappa shape index (κ1) is 41.9. The first-order valence-electron chi connectivity index (χ1n) is 17.4. The second kappa shape index (κ2) is 17.3. The molecule has 268 valence electrons. The Morgan fingerprint density at radius 2 is 1.69 bits per heavy atom. The van der Waals surface area contributed by atoms with E-state index >= 15 is 0 Å². The van der Waals surface area contributed by atoms with Gasteiger partial charge in [-0.1, -0.05) is 64.3 Å². The normalized spacial score (nSPS) is 32.1. The van der Waals surface area contributed by atoms with Crippen LogP contribution in [0.1, 0.15) is 104 Å². The molecular formula is C35H56NNaO9S2. The molecule has 0 aliphatic heterocycles. The molecule has 0 unspecified atom stereocenters. The number of fused-ring (bicyclic) bond motifs is 5. The topological polar surface area (TPSA) is 176 Å². The van der Waals surface area contributed by atoms with E-state index in [0.29, 0.717) is 54.7 Å². The summed E-state index contributed by atoms with van der Waals surface area (Å²) in [6, 6.07) is 7.10. The first-order valence-corrected chi connectivity index (χ1v) is 20.1. The Balaban J connectivity index is 0.000000487. The van der Waals surface area contributed by atoms with E-state index in [-0.39, 0.29) is 52.9 Å². The molecule has 4 N–H and O–H groups in total. The fourth-order valence-electron chi connectivity index (χ4n) is 9.88. The van der Waals surface area contributed by atoms with Gasteiger partial charge in [-0.25, -0.2) is 12.6 Å². The predicted octanol–water partition coefficient (Wildman–Crippen LogP) is 3.57. The summed E-state index contributed by atoms with van der Waals surface area (Å²) < 4.78 is 75.4. The van der Waals surface area contributed by atoms with Crippen molar-refractivity contribution >= 4 is 20.8 Å². The van der Waals surface area contributed by atoms with E-state index in [1.54, 1.807) is 12.1 Å². The van der Waals surface area contributed by atoms with Crippen LogP contribution in [0.3, 0.4) is 0 Å². The molecule has 5 rings (SSSR count). The minimum absolute atomic E-state index is 0. The van der Waals surface area contributed by atoms with Crippen molar-refractivity contribution < 1.29 is 69.0 Å². The average molecular weight is 722 g/mol. The summed E-state index contributed by atoms with van der Waals surface area (Å²) in [7, 11) is -9.18. The van der Waals surface area contributed by atoms with E-state index in [1.807, 2.05) is 12.1 Å². The number of nitrogens with two attached hydrogens (primary N) is 1. The summed E-state index contributed by atoms with van der Waals surface area (Å²) in [6.45, 7) is 9.82. The van der Waals surface area contributed by atoms with Gasteiger partial charge in [0, 0.05) is 0 Å². The maximum absolute atomic E-state index is 11.4. The van der Waals surface area contributed by atoms with Gasteiger partial charge in [-0.05, 0) is 135 Å². The van der Waals surface area contributed by atoms with Gasteiger partial charge in [-0.2, -0.15) is 8.42 Å². The number of hydrogen-bond acceptors (Lipinski definition) is 9. The second-order valence-corrected chi connectivity index (χ2v) is 17.5. The van der Waals surface area contributed by atoms with E-state index in [1.165, 1.54) is 11.1 Å². The molecule has 3 saturated carbocycles. The summed E-state index contributed by atoms with van der Waals surface area (Å²) >= 11 is 0. The smallest absolute Gasteiger partial charge is 0.726 e. The van der Waals surface area contributed by atoms with Gasteiger partial charge in [0.2, 0.25) is 10.4 Å². The third-order valence-electron chi connectivity index (χ3n) is 12.1. The Morgan fingerprint density at radius 3 is 2.29 bits per heavy atom. The molecule has 1 aromatic rings. The van der Waals surface area contributed by atoms with Crippen LogP contribution in [0.4, 0.5) is 0 Å². The Labute approximate surface area is 311 Å². The van der Waals surface area contributed by atoms with Gasteiger partial charge in [-0.15, -0.1) is 0 Å². The standard InChI is InChI=1S/C27H46O8S2.C8H11NO.Na/c1-18(2)6-5-7-19(17-34-36(28,29)30)23-10-11-24-22-9-8-20-16-21(35-37(31,32)33)12-14-26(20,3)25(22)13-15-27(23,24)4;9-6-5-7-1-3-8(10)4-2-7;/h8,18-19,21-25H,5-7,9-17H2,1-4H3,(H,28,29,30)(H,31,32,33);1-4,10H,5-6,9H2;/q;;+1/p-1/t19-,21+,22-,23+,24-,25-,26-,27+;;/m0../s1. The molecule has 0 bridgehead atoms. The zero-order chi connectivity index (χ0) is 34.6. The van der Waals surface area contributed by atoms with Crippen LogP contribution in [0, 0.1) is 46.3 Å². The summed E-state index contributed by atoms with van der Waals surface area (Å²) in [4.78, 5) is 0. The quantitative estimate of drug-likeness (QED) is 0.125. The van der Waals surface area contributed by atoms with Gasteiger partial charge in [0.15, 0.2) is 0 Å². The summed E-state index contributed by atoms with van der Waals surface area (Å²) in [5.41, 5.74) is 7.85. The molecule has 10 nitrogen and oxygen atoms in total. The van der Waals surface area contributed by atoms with Gasteiger partial charge in [0.25, 0.3) is 0 Å². The third-order valence-corrected chi connectivity index (χ3v) is 13.1. The molecule has 0 heterocycles. The van der Waals surface area contributed by atoms with Gasteiger partial charge in [0.05, 0.1) is 12.7 Å². The van der Waals surface area contributed by atoms with Crippen LogP contribution < -0.4 is 35.3 Å². The number of phenols is 1. The number of phenolic OH excluding ortho intramolecular Hbond substituents is 1. The Bertz CT molecular complexity index is 1440. The molecular weight excluding hydrogens is 666 g/mol. The zero-order valence-electron chi connectivity index (χ0n) is 29.5. The van der Waals surface area contributed by atoms with E-state index in [4.69, 9.17) is 19.2 Å². The number of rotatable bonds is 12. The maximum Gasteiger partial charge on any atom is 1.00 e. The number of allylic oxidation sites excluding steroid dienone is 1. The summed E-state index contributed by atoms with van der Waals surface area (Å²) in [5.74, 6) is 2.94. The van der Waals surface area contributed by atoms with Crippen LogP contribution in [0.2, 0.25) is 0 Å². The number of aromatic hydroxyl groups is 1. The molecule has 4 aliphatic rings. The van der Waals surface area contributed by atoms with Crippen LogP contribution >= 0.6 is 0 Å². The van der Waals surface area contributed by atoms with Crippen molar-refractivity contribution in [1.29, 1.82) is 0 Å². The Kier molecular flexibility index (Phi) is 15.1. The summed E-state index contributed by atoms with van der Waals surface area (Å²) in [5, 5.41) is 8.89. The zero-order valence-corrected chi connectivity index (χ0v) is 33.1. The van der Waals surface area contributed by atoms with Crippen molar-refractivity contribution in [3.8, 4) is 5.75 Å². The molecule has 1 aromatic carbocycles. The van der Waals surface area contributed by atoms with Crippen molar-refractivity contribution in [3.63, 3.8) is 0 Å². The molecule has 0 radical (unpaired) electrons. The molecule has 0 spiro atoms. The average Bonchev–Trinajstić information content (AvgIpc) is 3.32. The van der Waals surface area contributed by atoms with Gasteiger partial charge in [0.1, 0.15) is 5.75 Å². The van der Waals surface area contributed by atoms with Crippen LogP contribution in [-0.2, 0) is 35.6 Å². The van der Waals surface area contributed by atoms with Crippen LogP contribution in [0.5, 0.6) is 5.75 Å². The first-order chi connectivity index (χ1) is 21.9. The van der Waals surface area contributed by atoms with Crippen molar-refractivity contribution in [2.45, 2.75) is 111 Å². The van der Waals surface area contributed by atoms with Gasteiger partial charge >= 0.3 is 40.0 Å². The Hall–Kier alpha value is -0.540. The molecule has 8 atom stereocenters. The molecule has 48 heavy (non-hydrogen) atoms. The maximum atomic E-state index is 11.4. The summed E-state index contributed by atoms with van der Waals surface area (Å²) in [6.07, 6.45) is 12.8. The molecule has 13 heteroatoms. The SMILES string of the molecule is CC(C)CCC[C@@H](COS(=O)(=O)O)[C@H]1CC[C@H]2[C@@H]3CC=C4C[C@H](OS(=O)(=O)[O-])CC[C@]4(C)[C@H]3CC[C@]12C.NCCc1ccc(O)cc1.[Na+]. The molecule has 0 saturated heterocycles. The number of benzene rings is 1. The molecule has 4 aliphatic carbocycles. The van der Waals surface area contributed by atoms with Crippen molar-refractivity contribution in [2.24, 2.45) is 52.1 Å². The van der Waals surface area contributed by atoms with E-state index < -0.39 is 26.9 Å². The fraction of sp³-hybridized carbons (Fsp3) is 0.771. The Morgan fingerprint density at radius 1 is 1.00 bits per heavy atom.